The first-order valence-corrected chi connectivity index (χ1v) is 12.9. The summed E-state index contributed by atoms with van der Waals surface area (Å²) in [5.41, 5.74) is 8.33. The maximum absolute atomic E-state index is 15.1. The van der Waals surface area contributed by atoms with Gasteiger partial charge in [-0.1, -0.05) is 12.1 Å². The van der Waals surface area contributed by atoms with Crippen molar-refractivity contribution in [2.24, 2.45) is 16.6 Å². The monoisotopic (exact) mass is 482 g/mol. The Balaban J connectivity index is 1.54. The van der Waals surface area contributed by atoms with Gasteiger partial charge in [-0.3, -0.25) is 15.0 Å². The van der Waals surface area contributed by atoms with Gasteiger partial charge in [0.05, 0.1) is 30.1 Å². The van der Waals surface area contributed by atoms with Crippen molar-refractivity contribution < 1.29 is 17.5 Å². The van der Waals surface area contributed by atoms with E-state index in [1.165, 1.54) is 6.07 Å². The van der Waals surface area contributed by atoms with Crippen molar-refractivity contribution in [1.29, 1.82) is 0 Å². The standard InChI is InChI=1S/C25H27FN4O3S/c1-24(14-34(31,32)25(2,17-5-6-17)23(27)30-24)19-11-15(4-7-20(19)26)10-16-8-9-28-21-12-18(33-3)13-29-22(16)21/h4,7-9,11-13,17H,5-6,10,14H2,1-3H3,(H2,27,30)/t24-,25-/m0/s1. The van der Waals surface area contributed by atoms with Crippen LogP contribution < -0.4 is 10.5 Å². The number of aromatic nitrogens is 2. The fourth-order valence-corrected chi connectivity index (χ4v) is 7.33. The number of methoxy groups -OCH3 is 1. The van der Waals surface area contributed by atoms with Crippen LogP contribution in [0.1, 0.15) is 43.4 Å². The fraction of sp³-hybridized carbons (Fsp3) is 0.400. The van der Waals surface area contributed by atoms with Gasteiger partial charge in [-0.15, -0.1) is 0 Å². The Bertz CT molecular complexity index is 1440. The highest BCUT2D eigenvalue weighted by atomic mass is 32.2. The van der Waals surface area contributed by atoms with E-state index in [0.717, 1.165) is 29.5 Å². The summed E-state index contributed by atoms with van der Waals surface area (Å²) in [7, 11) is -2.07. The van der Waals surface area contributed by atoms with E-state index < -0.39 is 25.9 Å². The second kappa shape index (κ2) is 7.73. The molecule has 1 saturated carbocycles. The topological polar surface area (TPSA) is 108 Å². The predicted octanol–water partition coefficient (Wildman–Crippen LogP) is 3.54. The number of fused-ring (bicyclic) bond motifs is 1. The van der Waals surface area contributed by atoms with Gasteiger partial charge < -0.3 is 10.5 Å². The average molecular weight is 483 g/mol. The molecule has 1 aromatic carbocycles. The van der Waals surface area contributed by atoms with Crippen molar-refractivity contribution in [3.63, 3.8) is 0 Å². The maximum atomic E-state index is 15.1. The van der Waals surface area contributed by atoms with Crippen molar-refractivity contribution in [2.45, 2.75) is 43.4 Å². The van der Waals surface area contributed by atoms with E-state index in [1.54, 1.807) is 45.5 Å². The van der Waals surface area contributed by atoms with Gasteiger partial charge in [0.1, 0.15) is 27.7 Å². The minimum absolute atomic E-state index is 0.0203. The second-order valence-electron chi connectivity index (χ2n) is 9.62. The molecule has 9 heteroatoms. The molecule has 1 aliphatic carbocycles. The Morgan fingerprint density at radius 1 is 1.18 bits per heavy atom. The molecule has 3 heterocycles. The van der Waals surface area contributed by atoms with Gasteiger partial charge in [0.15, 0.2) is 9.84 Å². The zero-order valence-electron chi connectivity index (χ0n) is 19.4. The summed E-state index contributed by atoms with van der Waals surface area (Å²) in [5.74, 6) is -0.121. The van der Waals surface area contributed by atoms with Crippen LogP contribution in [0.3, 0.4) is 0 Å². The highest BCUT2D eigenvalue weighted by molar-refractivity contribution is 7.93. The van der Waals surface area contributed by atoms with E-state index in [1.807, 2.05) is 12.1 Å². The number of aliphatic imine (C=N–C) groups is 1. The lowest BCUT2D eigenvalue weighted by Gasteiger charge is -2.40. The highest BCUT2D eigenvalue weighted by Gasteiger charge is 2.58. The number of pyridine rings is 2. The quantitative estimate of drug-likeness (QED) is 0.596. The van der Waals surface area contributed by atoms with Crippen LogP contribution in [-0.2, 0) is 21.8 Å². The van der Waals surface area contributed by atoms with E-state index in [9.17, 15) is 8.42 Å². The van der Waals surface area contributed by atoms with Crippen LogP contribution in [0.15, 0.2) is 47.7 Å². The molecular formula is C25H27FN4O3S. The molecule has 0 unspecified atom stereocenters. The zero-order valence-corrected chi connectivity index (χ0v) is 20.2. The third-order valence-electron chi connectivity index (χ3n) is 7.23. The van der Waals surface area contributed by atoms with E-state index in [2.05, 4.69) is 15.0 Å². The molecule has 2 N–H and O–H groups in total. The normalized spacial score (nSPS) is 26.3. The second-order valence-corrected chi connectivity index (χ2v) is 12.0. The number of benzene rings is 1. The van der Waals surface area contributed by atoms with Gasteiger partial charge in [0, 0.05) is 17.8 Å². The first kappa shape index (κ1) is 22.7. The van der Waals surface area contributed by atoms with Crippen LogP contribution in [0.5, 0.6) is 5.75 Å². The molecule has 2 aliphatic rings. The molecule has 0 radical (unpaired) electrons. The summed E-state index contributed by atoms with van der Waals surface area (Å²) in [5, 5.41) is 0. The van der Waals surface area contributed by atoms with Gasteiger partial charge in [0.2, 0.25) is 0 Å². The van der Waals surface area contributed by atoms with Gasteiger partial charge in [-0.05, 0) is 62.3 Å². The first-order valence-electron chi connectivity index (χ1n) is 11.2. The minimum Gasteiger partial charge on any atom is -0.495 e. The number of rotatable bonds is 5. The van der Waals surface area contributed by atoms with Gasteiger partial charge in [0.25, 0.3) is 0 Å². The molecule has 2 aromatic heterocycles. The van der Waals surface area contributed by atoms with Crippen molar-refractivity contribution >= 4 is 26.7 Å². The van der Waals surface area contributed by atoms with Crippen molar-refractivity contribution in [2.75, 3.05) is 12.9 Å². The van der Waals surface area contributed by atoms with E-state index >= 15 is 4.39 Å². The van der Waals surface area contributed by atoms with Crippen LogP contribution in [0.25, 0.3) is 11.0 Å². The summed E-state index contributed by atoms with van der Waals surface area (Å²) >= 11 is 0. The molecular weight excluding hydrogens is 455 g/mol. The van der Waals surface area contributed by atoms with E-state index in [0.29, 0.717) is 17.7 Å². The molecule has 178 valence electrons. The molecule has 3 aromatic rings. The highest BCUT2D eigenvalue weighted by Crippen LogP contribution is 2.49. The van der Waals surface area contributed by atoms with Crippen LogP contribution in [0.4, 0.5) is 4.39 Å². The molecule has 2 atom stereocenters. The summed E-state index contributed by atoms with van der Waals surface area (Å²) < 4.78 is 45.9. The molecule has 34 heavy (non-hydrogen) atoms. The average Bonchev–Trinajstić information content (AvgIpc) is 3.64. The lowest BCUT2D eigenvalue weighted by molar-refractivity contribution is 0.413. The molecule has 0 bridgehead atoms. The maximum Gasteiger partial charge on any atom is 0.165 e. The Morgan fingerprint density at radius 3 is 2.62 bits per heavy atom. The fourth-order valence-electron chi connectivity index (χ4n) is 4.96. The predicted molar refractivity (Wildman–Crippen MR) is 129 cm³/mol. The molecule has 7 nitrogen and oxygen atoms in total. The van der Waals surface area contributed by atoms with Crippen LogP contribution in [-0.4, -0.2) is 41.8 Å². The molecule has 0 amide bonds. The lowest BCUT2D eigenvalue weighted by Crippen LogP contribution is -2.58. The number of ether oxygens (including phenoxy) is 1. The zero-order chi connectivity index (χ0) is 24.3. The first-order chi connectivity index (χ1) is 16.1. The van der Waals surface area contributed by atoms with E-state index in [4.69, 9.17) is 10.5 Å². The number of hydrogen-bond donors (Lipinski definition) is 1. The SMILES string of the molecule is COc1cnc2c(Cc3ccc(F)c([C@]4(C)CS(=O)(=O)[C@@](C)(C5CC5)C(N)=N4)c3)ccnc2c1. The van der Waals surface area contributed by atoms with Crippen LogP contribution in [0, 0.1) is 11.7 Å². The Morgan fingerprint density at radius 2 is 1.94 bits per heavy atom. The summed E-state index contributed by atoms with van der Waals surface area (Å²) in [6, 6.07) is 8.43. The third kappa shape index (κ3) is 3.53. The number of nitrogens with zero attached hydrogens (tertiary/aromatic N) is 3. The number of amidine groups is 1. The largest absolute Gasteiger partial charge is 0.495 e. The van der Waals surface area contributed by atoms with Crippen molar-refractivity contribution in [3.8, 4) is 5.75 Å². The Hall–Kier alpha value is -3.07. The molecule has 0 spiro atoms. The Kier molecular flexibility index (Phi) is 5.16. The third-order valence-corrected chi connectivity index (χ3v) is 10.0. The number of nitrogens with two attached hydrogens (primary N) is 1. The van der Waals surface area contributed by atoms with E-state index in [-0.39, 0.29) is 23.1 Å². The molecule has 0 saturated heterocycles. The molecule has 5 rings (SSSR count). The number of sulfone groups is 1. The minimum atomic E-state index is -3.64. The summed E-state index contributed by atoms with van der Waals surface area (Å²) in [6.07, 6.45) is 5.42. The summed E-state index contributed by atoms with van der Waals surface area (Å²) in [6.45, 7) is 3.30. The smallest absolute Gasteiger partial charge is 0.165 e. The van der Waals surface area contributed by atoms with Crippen molar-refractivity contribution in [1.82, 2.24) is 9.97 Å². The van der Waals surface area contributed by atoms with Gasteiger partial charge in [-0.2, -0.15) is 0 Å². The molecule has 1 aliphatic heterocycles. The number of hydrogen-bond acceptors (Lipinski definition) is 7. The van der Waals surface area contributed by atoms with Crippen LogP contribution in [0.2, 0.25) is 0 Å². The Labute approximate surface area is 198 Å². The lowest BCUT2D eigenvalue weighted by atomic mass is 9.90. The number of halogens is 1. The van der Waals surface area contributed by atoms with Gasteiger partial charge in [-0.25, -0.2) is 12.8 Å². The van der Waals surface area contributed by atoms with Crippen LogP contribution >= 0.6 is 0 Å². The summed E-state index contributed by atoms with van der Waals surface area (Å²) in [4.78, 5) is 13.5. The van der Waals surface area contributed by atoms with Gasteiger partial charge >= 0.3 is 0 Å². The van der Waals surface area contributed by atoms with Crippen molar-refractivity contribution in [3.05, 3.63) is 65.2 Å². The molecule has 1 fully saturated rings.